The Bertz CT molecular complexity index is 188. The highest BCUT2D eigenvalue weighted by atomic mass is 16.3. The van der Waals surface area contributed by atoms with Crippen molar-refractivity contribution in [1.29, 1.82) is 0 Å². The van der Waals surface area contributed by atoms with Crippen molar-refractivity contribution in [3.8, 4) is 0 Å². The highest BCUT2D eigenvalue weighted by Crippen LogP contribution is 1.99. The molecule has 0 fully saturated rings. The number of amides is 1. The predicted octanol–water partition coefficient (Wildman–Crippen LogP) is 0.605. The van der Waals surface area contributed by atoms with Gasteiger partial charge in [-0.1, -0.05) is 0 Å². The van der Waals surface area contributed by atoms with Gasteiger partial charge in [-0.15, -0.1) is 0 Å². The van der Waals surface area contributed by atoms with Crippen LogP contribution in [0.25, 0.3) is 0 Å². The van der Waals surface area contributed by atoms with Gasteiger partial charge in [-0.05, 0) is 27.7 Å². The van der Waals surface area contributed by atoms with Gasteiger partial charge in [0.25, 0.3) is 0 Å². The summed E-state index contributed by atoms with van der Waals surface area (Å²) in [5.74, 6) is 0.100. The first-order valence-corrected chi connectivity index (χ1v) is 5.54. The molecule has 0 saturated carbocycles. The Morgan fingerprint density at radius 3 is 2.40 bits per heavy atom. The van der Waals surface area contributed by atoms with Gasteiger partial charge in [0.2, 0.25) is 5.91 Å². The molecule has 15 heavy (non-hydrogen) atoms. The fourth-order valence-corrected chi connectivity index (χ4v) is 1.28. The number of aliphatic hydroxyl groups is 1. The smallest absolute Gasteiger partial charge is 0.223 e. The van der Waals surface area contributed by atoms with E-state index in [9.17, 15) is 4.79 Å². The number of nitrogens with one attached hydrogen (secondary N) is 1. The van der Waals surface area contributed by atoms with Crippen LogP contribution in [-0.4, -0.2) is 47.7 Å². The third kappa shape index (κ3) is 7.33. The number of aliphatic hydroxyl groups excluding tert-OH is 1. The van der Waals surface area contributed by atoms with E-state index in [2.05, 4.69) is 26.1 Å². The number of carbonyl (C=O) groups is 1. The zero-order valence-electron chi connectivity index (χ0n) is 10.3. The van der Waals surface area contributed by atoms with Gasteiger partial charge in [0.05, 0.1) is 6.61 Å². The summed E-state index contributed by atoms with van der Waals surface area (Å²) in [6.45, 7) is 9.95. The Labute approximate surface area is 92.7 Å². The lowest BCUT2D eigenvalue weighted by molar-refractivity contribution is -0.131. The molecule has 90 valence electrons. The molecule has 0 spiro atoms. The second-order valence-electron chi connectivity index (χ2n) is 4.62. The molecule has 0 rings (SSSR count). The molecule has 0 heterocycles. The van der Waals surface area contributed by atoms with Gasteiger partial charge in [0, 0.05) is 31.6 Å². The Morgan fingerprint density at radius 2 is 2.00 bits per heavy atom. The molecular weight excluding hydrogens is 192 g/mol. The first kappa shape index (κ1) is 14.4. The van der Waals surface area contributed by atoms with Crippen LogP contribution in [0.2, 0.25) is 0 Å². The predicted molar refractivity (Wildman–Crippen MR) is 61.7 cm³/mol. The molecular formula is C11H24N2O2. The summed E-state index contributed by atoms with van der Waals surface area (Å²) < 4.78 is 0. The SMILES string of the molecule is CCN(CCO)C(=O)CCNC(C)(C)C. The van der Waals surface area contributed by atoms with Gasteiger partial charge < -0.3 is 15.3 Å². The van der Waals surface area contributed by atoms with E-state index in [1.807, 2.05) is 6.92 Å². The monoisotopic (exact) mass is 216 g/mol. The Kier molecular flexibility index (Phi) is 6.52. The van der Waals surface area contributed by atoms with Crippen molar-refractivity contribution in [2.45, 2.75) is 39.7 Å². The number of rotatable bonds is 6. The quantitative estimate of drug-likeness (QED) is 0.684. The molecule has 0 aromatic heterocycles. The first-order chi connectivity index (χ1) is 6.90. The van der Waals surface area contributed by atoms with Crippen molar-refractivity contribution in [3.63, 3.8) is 0 Å². The number of carbonyl (C=O) groups excluding carboxylic acids is 1. The van der Waals surface area contributed by atoms with Crippen molar-refractivity contribution in [2.75, 3.05) is 26.2 Å². The summed E-state index contributed by atoms with van der Waals surface area (Å²) >= 11 is 0. The standard InChI is InChI=1S/C11H24N2O2/c1-5-13(8-9-14)10(15)6-7-12-11(2,3)4/h12,14H,5-9H2,1-4H3. The van der Waals surface area contributed by atoms with Crippen LogP contribution in [0, 0.1) is 0 Å². The van der Waals surface area contributed by atoms with Crippen molar-refractivity contribution in [1.82, 2.24) is 10.2 Å². The summed E-state index contributed by atoms with van der Waals surface area (Å²) in [6.07, 6.45) is 0.491. The van der Waals surface area contributed by atoms with Crippen molar-refractivity contribution >= 4 is 5.91 Å². The summed E-state index contributed by atoms with van der Waals surface area (Å²) in [5.41, 5.74) is 0.0499. The van der Waals surface area contributed by atoms with Crippen molar-refractivity contribution in [2.24, 2.45) is 0 Å². The van der Waals surface area contributed by atoms with E-state index in [-0.39, 0.29) is 18.1 Å². The van der Waals surface area contributed by atoms with Crippen molar-refractivity contribution in [3.05, 3.63) is 0 Å². The number of nitrogens with zero attached hydrogens (tertiary/aromatic N) is 1. The molecule has 0 saturated heterocycles. The summed E-state index contributed by atoms with van der Waals surface area (Å²) in [7, 11) is 0. The number of likely N-dealkylation sites (N-methyl/N-ethyl adjacent to an activating group) is 1. The van der Waals surface area contributed by atoms with Crippen LogP contribution in [0.5, 0.6) is 0 Å². The first-order valence-electron chi connectivity index (χ1n) is 5.54. The lowest BCUT2D eigenvalue weighted by Gasteiger charge is -2.23. The maximum absolute atomic E-state index is 11.6. The fraction of sp³-hybridized carbons (Fsp3) is 0.909. The number of hydrogen-bond donors (Lipinski definition) is 2. The lowest BCUT2D eigenvalue weighted by atomic mass is 10.1. The summed E-state index contributed by atoms with van der Waals surface area (Å²) in [5, 5.41) is 12.0. The molecule has 0 unspecified atom stereocenters. The molecule has 0 radical (unpaired) electrons. The topological polar surface area (TPSA) is 52.6 Å². The van der Waals surface area contributed by atoms with Gasteiger partial charge in [-0.3, -0.25) is 4.79 Å². The van der Waals surface area contributed by atoms with Gasteiger partial charge in [-0.2, -0.15) is 0 Å². The molecule has 0 bridgehead atoms. The summed E-state index contributed by atoms with van der Waals surface area (Å²) in [6, 6.07) is 0. The van der Waals surface area contributed by atoms with E-state index in [1.54, 1.807) is 4.90 Å². The molecule has 4 nitrogen and oxygen atoms in total. The molecule has 1 amide bonds. The van der Waals surface area contributed by atoms with Crippen LogP contribution in [0.15, 0.2) is 0 Å². The third-order valence-electron chi connectivity index (χ3n) is 2.10. The highest BCUT2D eigenvalue weighted by Gasteiger charge is 2.13. The Hall–Kier alpha value is -0.610. The van der Waals surface area contributed by atoms with Crippen LogP contribution in [0.1, 0.15) is 34.1 Å². The second-order valence-corrected chi connectivity index (χ2v) is 4.62. The minimum atomic E-state index is 0.0340. The van der Waals surface area contributed by atoms with Gasteiger partial charge in [-0.25, -0.2) is 0 Å². The fourth-order valence-electron chi connectivity index (χ4n) is 1.28. The normalized spacial score (nSPS) is 11.5. The van der Waals surface area contributed by atoms with E-state index >= 15 is 0 Å². The second kappa shape index (κ2) is 6.80. The number of hydrogen-bond acceptors (Lipinski definition) is 3. The molecule has 0 aromatic rings. The molecule has 0 aliphatic rings. The molecule has 0 aromatic carbocycles. The van der Waals surface area contributed by atoms with Crippen molar-refractivity contribution < 1.29 is 9.90 Å². The minimum Gasteiger partial charge on any atom is -0.395 e. The van der Waals surface area contributed by atoms with E-state index in [1.165, 1.54) is 0 Å². The molecule has 0 atom stereocenters. The Balaban J connectivity index is 3.81. The van der Waals surface area contributed by atoms with E-state index in [4.69, 9.17) is 5.11 Å². The van der Waals surface area contributed by atoms with E-state index < -0.39 is 0 Å². The maximum atomic E-state index is 11.6. The third-order valence-corrected chi connectivity index (χ3v) is 2.10. The molecule has 4 heteroatoms. The molecule has 0 aliphatic heterocycles. The van der Waals surface area contributed by atoms with Gasteiger partial charge in [0.15, 0.2) is 0 Å². The van der Waals surface area contributed by atoms with E-state index in [0.717, 1.165) is 0 Å². The zero-order valence-corrected chi connectivity index (χ0v) is 10.3. The molecule has 0 aliphatic carbocycles. The van der Waals surface area contributed by atoms with Gasteiger partial charge >= 0.3 is 0 Å². The van der Waals surface area contributed by atoms with Crippen LogP contribution in [0.4, 0.5) is 0 Å². The average Bonchev–Trinajstić information content (AvgIpc) is 2.11. The zero-order chi connectivity index (χ0) is 11.9. The largest absolute Gasteiger partial charge is 0.395 e. The summed E-state index contributed by atoms with van der Waals surface area (Å²) in [4.78, 5) is 13.3. The lowest BCUT2D eigenvalue weighted by Crippen LogP contribution is -2.40. The van der Waals surface area contributed by atoms with Crippen LogP contribution in [0.3, 0.4) is 0 Å². The molecule has 2 N–H and O–H groups in total. The van der Waals surface area contributed by atoms with E-state index in [0.29, 0.717) is 26.1 Å². The Morgan fingerprint density at radius 1 is 1.40 bits per heavy atom. The highest BCUT2D eigenvalue weighted by molar-refractivity contribution is 5.76. The maximum Gasteiger partial charge on any atom is 0.223 e. The van der Waals surface area contributed by atoms with Gasteiger partial charge in [0.1, 0.15) is 0 Å². The minimum absolute atomic E-state index is 0.0340. The van der Waals surface area contributed by atoms with Crippen LogP contribution in [-0.2, 0) is 4.79 Å². The average molecular weight is 216 g/mol. The van der Waals surface area contributed by atoms with Crippen LogP contribution >= 0.6 is 0 Å². The van der Waals surface area contributed by atoms with Crippen LogP contribution < -0.4 is 5.32 Å².